The van der Waals surface area contributed by atoms with Crippen LogP contribution in [0.3, 0.4) is 0 Å². The smallest absolute Gasteiger partial charge is 0.182 e. The van der Waals surface area contributed by atoms with Crippen molar-refractivity contribution in [1.29, 1.82) is 0 Å². The van der Waals surface area contributed by atoms with Gasteiger partial charge in [0.15, 0.2) is 5.78 Å². The number of Topliss-reactive ketones (excluding diaryl/α,β-unsaturated/α-hetero) is 1. The lowest BCUT2D eigenvalue weighted by molar-refractivity contribution is -0.855. The van der Waals surface area contributed by atoms with E-state index in [1.807, 2.05) is 39.0 Å². The van der Waals surface area contributed by atoms with E-state index in [-0.39, 0.29) is 23.3 Å². The van der Waals surface area contributed by atoms with E-state index >= 15 is 0 Å². The molecule has 2 atom stereocenters. The van der Waals surface area contributed by atoms with Gasteiger partial charge in [-0.3, -0.25) is 14.7 Å². The first-order valence-corrected chi connectivity index (χ1v) is 13.7. The minimum Gasteiger partial charge on any atom is -0.634 e. The molecule has 1 unspecified atom stereocenters. The number of carbonyl (C=O) groups excluding carboxylic acids is 1. The molecular formula is C28H37BrN4O3. The molecule has 1 N–H and O–H groups in total. The molecule has 2 aliphatic heterocycles. The maximum Gasteiger partial charge on any atom is 0.182 e. The van der Waals surface area contributed by atoms with Gasteiger partial charge in [0.1, 0.15) is 6.61 Å². The molecule has 7 nitrogen and oxygen atoms in total. The zero-order valence-corrected chi connectivity index (χ0v) is 23.3. The van der Waals surface area contributed by atoms with Gasteiger partial charge in [-0.2, -0.15) is 0 Å². The Morgan fingerprint density at radius 3 is 2.58 bits per heavy atom. The highest BCUT2D eigenvalue weighted by atomic mass is 79.9. The second-order valence-corrected chi connectivity index (χ2v) is 11.2. The number of hydroxylamine groups is 2. The number of likely N-dealkylation sites (tertiary alicyclic amines) is 1. The van der Waals surface area contributed by atoms with Crippen LogP contribution in [0.25, 0.3) is 0 Å². The highest BCUT2D eigenvalue weighted by Gasteiger charge is 2.46. The van der Waals surface area contributed by atoms with E-state index in [1.165, 1.54) is 0 Å². The number of hydrogen-bond donors (Lipinski definition) is 1. The number of piperidine rings is 2. The first kappa shape index (κ1) is 26.9. The average molecular weight is 558 g/mol. The van der Waals surface area contributed by atoms with Crippen LogP contribution < -0.4 is 5.06 Å². The number of nitrogens with zero attached hydrogens (tertiary/aromatic N) is 3. The van der Waals surface area contributed by atoms with Gasteiger partial charge in [-0.25, -0.2) is 0 Å². The van der Waals surface area contributed by atoms with Crippen molar-refractivity contribution in [2.75, 3.05) is 26.2 Å². The summed E-state index contributed by atoms with van der Waals surface area (Å²) < 4.78 is 1.01. The van der Waals surface area contributed by atoms with Gasteiger partial charge in [-0.1, -0.05) is 33.2 Å². The van der Waals surface area contributed by atoms with Crippen molar-refractivity contribution in [3.63, 3.8) is 0 Å². The number of nitrogens with one attached hydrogen (secondary N) is 1. The monoisotopic (exact) mass is 556 g/mol. The fourth-order valence-electron chi connectivity index (χ4n) is 5.81. The normalized spacial score (nSPS) is 27.6. The van der Waals surface area contributed by atoms with Crippen LogP contribution in [0.15, 0.2) is 46.2 Å². The third kappa shape index (κ3) is 5.72. The van der Waals surface area contributed by atoms with Gasteiger partial charge < -0.3 is 15.1 Å². The van der Waals surface area contributed by atoms with Gasteiger partial charge in [0.05, 0.1) is 24.8 Å². The molecule has 0 spiro atoms. The van der Waals surface area contributed by atoms with E-state index in [4.69, 9.17) is 4.84 Å². The summed E-state index contributed by atoms with van der Waals surface area (Å²) in [5, 5.41) is 16.9. The van der Waals surface area contributed by atoms with Crippen molar-refractivity contribution in [3.8, 4) is 0 Å². The van der Waals surface area contributed by atoms with Crippen LogP contribution in [0.5, 0.6) is 0 Å². The average Bonchev–Trinajstić information content (AvgIpc) is 2.87. The van der Waals surface area contributed by atoms with Crippen LogP contribution >= 0.6 is 15.9 Å². The fraction of sp³-hybridized carbons (Fsp3) is 0.536. The van der Waals surface area contributed by atoms with E-state index in [0.29, 0.717) is 31.2 Å². The van der Waals surface area contributed by atoms with Crippen LogP contribution in [0, 0.1) is 25.0 Å². The molecule has 1 aromatic carbocycles. The van der Waals surface area contributed by atoms with Crippen LogP contribution in [0.1, 0.15) is 66.7 Å². The van der Waals surface area contributed by atoms with Crippen LogP contribution in [0.4, 0.5) is 0 Å². The standard InChI is InChI=1S/C28H37BrN4O3/c1-5-36-31-26(21-6-8-23(29)9-7-21)22-11-15-33(28(4)12-16-32(35)17-13-28)24(18-22)27(34)25-19(2)10-14-30-20(25)3/h6-10,14,22,24,32H,5,11-13,15-18H2,1-4H3/b31-26+/t22?,24-/m1/s1. The predicted molar refractivity (Wildman–Crippen MR) is 145 cm³/mol. The molecule has 2 saturated heterocycles. The molecule has 194 valence electrons. The lowest BCUT2D eigenvalue weighted by Gasteiger charge is -2.52. The van der Waals surface area contributed by atoms with Crippen molar-refractivity contribution in [1.82, 2.24) is 9.88 Å². The van der Waals surface area contributed by atoms with Gasteiger partial charge in [0.25, 0.3) is 0 Å². The van der Waals surface area contributed by atoms with Crippen molar-refractivity contribution >= 4 is 27.4 Å². The quantitative estimate of drug-likeness (QED) is 0.240. The molecule has 36 heavy (non-hydrogen) atoms. The van der Waals surface area contributed by atoms with Gasteiger partial charge in [0.2, 0.25) is 0 Å². The van der Waals surface area contributed by atoms with Gasteiger partial charge in [0, 0.05) is 52.8 Å². The number of halogens is 1. The minimum absolute atomic E-state index is 0.0778. The van der Waals surface area contributed by atoms with Crippen LogP contribution in [0.2, 0.25) is 0 Å². The van der Waals surface area contributed by atoms with Crippen molar-refractivity contribution in [3.05, 3.63) is 68.6 Å². The second kappa shape index (κ2) is 11.5. The number of pyridine rings is 1. The van der Waals surface area contributed by atoms with Crippen LogP contribution in [-0.4, -0.2) is 59.2 Å². The summed E-state index contributed by atoms with van der Waals surface area (Å²) in [6.45, 7) is 10.5. The van der Waals surface area contributed by atoms with Gasteiger partial charge >= 0.3 is 0 Å². The summed E-state index contributed by atoms with van der Waals surface area (Å²) in [4.78, 5) is 26.6. The Bertz CT molecular complexity index is 1080. The van der Waals surface area contributed by atoms with E-state index in [1.54, 1.807) is 6.20 Å². The first-order chi connectivity index (χ1) is 17.2. The molecule has 0 radical (unpaired) electrons. The Balaban J connectivity index is 1.71. The van der Waals surface area contributed by atoms with Gasteiger partial charge in [-0.15, -0.1) is 0 Å². The Morgan fingerprint density at radius 2 is 1.94 bits per heavy atom. The molecule has 2 aromatic rings. The topological polar surface area (TPSA) is 82.3 Å². The second-order valence-electron chi connectivity index (χ2n) is 10.3. The molecule has 0 amide bonds. The third-order valence-corrected chi connectivity index (χ3v) is 8.43. The molecule has 2 fully saturated rings. The van der Waals surface area contributed by atoms with Crippen molar-refractivity contribution < 1.29 is 14.7 Å². The summed E-state index contributed by atoms with van der Waals surface area (Å²) in [5.74, 6) is 0.196. The highest BCUT2D eigenvalue weighted by molar-refractivity contribution is 9.10. The van der Waals surface area contributed by atoms with E-state index in [2.05, 4.69) is 50.0 Å². The molecule has 4 rings (SSSR count). The van der Waals surface area contributed by atoms with E-state index in [0.717, 1.165) is 58.4 Å². The summed E-state index contributed by atoms with van der Waals surface area (Å²) in [7, 11) is 0. The zero-order chi connectivity index (χ0) is 25.9. The molecule has 0 saturated carbocycles. The molecule has 3 heterocycles. The molecule has 0 bridgehead atoms. The number of rotatable bonds is 7. The third-order valence-electron chi connectivity index (χ3n) is 7.90. The Labute approximate surface area is 222 Å². The molecule has 2 aliphatic rings. The zero-order valence-electron chi connectivity index (χ0n) is 21.7. The number of hydrogen-bond acceptors (Lipinski definition) is 6. The summed E-state index contributed by atoms with van der Waals surface area (Å²) in [6.07, 6.45) is 4.87. The largest absolute Gasteiger partial charge is 0.634 e. The lowest BCUT2D eigenvalue weighted by Crippen LogP contribution is -3.09. The number of ketones is 1. The van der Waals surface area contributed by atoms with Crippen LogP contribution in [-0.2, 0) is 4.84 Å². The number of oxime groups is 1. The molecular weight excluding hydrogens is 520 g/mol. The predicted octanol–water partition coefficient (Wildman–Crippen LogP) is 4.10. The maximum atomic E-state index is 14.2. The summed E-state index contributed by atoms with van der Waals surface area (Å²) in [6, 6.07) is 9.72. The summed E-state index contributed by atoms with van der Waals surface area (Å²) in [5.41, 5.74) is 4.16. The Hall–Kier alpha value is -2.13. The Morgan fingerprint density at radius 1 is 1.25 bits per heavy atom. The van der Waals surface area contributed by atoms with Crippen molar-refractivity contribution in [2.24, 2.45) is 11.1 Å². The van der Waals surface area contributed by atoms with Gasteiger partial charge in [-0.05, 0) is 69.9 Å². The maximum absolute atomic E-state index is 14.2. The summed E-state index contributed by atoms with van der Waals surface area (Å²) >= 11 is 3.52. The highest BCUT2D eigenvalue weighted by Crippen LogP contribution is 2.37. The van der Waals surface area contributed by atoms with Crippen molar-refractivity contribution in [2.45, 2.75) is 65.0 Å². The molecule has 1 aromatic heterocycles. The fourth-order valence-corrected chi connectivity index (χ4v) is 6.08. The number of benzene rings is 1. The minimum atomic E-state index is -0.314. The number of aryl methyl sites for hydroxylation is 2. The molecule has 8 heteroatoms. The SMILES string of the molecule is CCO/N=C(\c1ccc(Br)cc1)C1CCN(C2(C)CC[NH+]([O-])CC2)[C@@H](C(=O)c2c(C)ccnc2C)C1. The number of carbonyl (C=O) groups is 1. The Kier molecular flexibility index (Phi) is 8.60. The van der Waals surface area contributed by atoms with E-state index in [9.17, 15) is 10.0 Å². The number of aromatic nitrogens is 1. The molecule has 0 aliphatic carbocycles. The van der Waals surface area contributed by atoms with E-state index < -0.39 is 0 Å². The lowest BCUT2D eigenvalue weighted by atomic mass is 9.77. The first-order valence-electron chi connectivity index (χ1n) is 12.9. The number of quaternary nitrogens is 1.